The SMILES string of the molecule is COc1cc(OC)c(S(=O)O)cc1Br. The molecular formula is C8H9BrO4S. The predicted octanol–water partition coefficient (Wildman–Crippen LogP) is 2.05. The lowest BCUT2D eigenvalue weighted by Crippen LogP contribution is -1.96. The molecule has 0 heterocycles. The van der Waals surface area contributed by atoms with Crippen molar-refractivity contribution in [1.29, 1.82) is 0 Å². The van der Waals surface area contributed by atoms with Crippen LogP contribution in [0.3, 0.4) is 0 Å². The molecule has 0 amide bonds. The van der Waals surface area contributed by atoms with E-state index in [1.165, 1.54) is 20.3 Å². The quantitative estimate of drug-likeness (QED) is 0.861. The fraction of sp³-hybridized carbons (Fsp3) is 0.250. The van der Waals surface area contributed by atoms with E-state index in [9.17, 15) is 4.21 Å². The van der Waals surface area contributed by atoms with Crippen molar-refractivity contribution in [2.75, 3.05) is 14.2 Å². The number of ether oxygens (including phenoxy) is 2. The zero-order chi connectivity index (χ0) is 10.7. The molecule has 0 aliphatic heterocycles. The van der Waals surface area contributed by atoms with Gasteiger partial charge in [0.15, 0.2) is 11.1 Å². The zero-order valence-corrected chi connectivity index (χ0v) is 10.0. The average Bonchev–Trinajstić information content (AvgIpc) is 2.17. The van der Waals surface area contributed by atoms with Crippen LogP contribution in [0.5, 0.6) is 11.5 Å². The lowest BCUT2D eigenvalue weighted by molar-refractivity contribution is 0.384. The lowest BCUT2D eigenvalue weighted by atomic mass is 10.3. The highest BCUT2D eigenvalue weighted by atomic mass is 79.9. The first kappa shape index (κ1) is 11.5. The fourth-order valence-corrected chi connectivity index (χ4v) is 2.16. The van der Waals surface area contributed by atoms with Crippen LogP contribution in [-0.2, 0) is 11.1 Å². The van der Waals surface area contributed by atoms with E-state index in [2.05, 4.69) is 15.9 Å². The van der Waals surface area contributed by atoms with Gasteiger partial charge in [-0.3, -0.25) is 0 Å². The fourth-order valence-electron chi connectivity index (χ4n) is 0.969. The van der Waals surface area contributed by atoms with Gasteiger partial charge in [-0.1, -0.05) is 0 Å². The standard InChI is InChI=1S/C8H9BrO4S/c1-12-6-4-7(13-2)8(14(10)11)3-5(6)9/h3-4H,1-2H3,(H,10,11). The molecule has 0 bridgehead atoms. The Bertz CT molecular complexity index is 367. The minimum atomic E-state index is -2.07. The Kier molecular flexibility index (Phi) is 3.91. The summed E-state index contributed by atoms with van der Waals surface area (Å²) in [5.41, 5.74) is 0. The summed E-state index contributed by atoms with van der Waals surface area (Å²) in [7, 11) is 2.94. The minimum Gasteiger partial charge on any atom is -0.495 e. The highest BCUT2D eigenvalue weighted by molar-refractivity contribution is 9.10. The Morgan fingerprint density at radius 2 is 1.86 bits per heavy atom. The molecule has 0 saturated heterocycles. The number of benzene rings is 1. The smallest absolute Gasteiger partial charge is 0.190 e. The summed E-state index contributed by atoms with van der Waals surface area (Å²) in [4.78, 5) is 0.208. The average molecular weight is 281 g/mol. The molecule has 0 radical (unpaired) electrons. The van der Waals surface area contributed by atoms with Gasteiger partial charge in [-0.15, -0.1) is 0 Å². The Labute approximate surface area is 92.6 Å². The van der Waals surface area contributed by atoms with Crippen LogP contribution in [0, 0.1) is 0 Å². The van der Waals surface area contributed by atoms with E-state index in [1.807, 2.05) is 0 Å². The first-order chi connectivity index (χ1) is 6.60. The van der Waals surface area contributed by atoms with E-state index in [0.29, 0.717) is 16.0 Å². The summed E-state index contributed by atoms with van der Waals surface area (Å²) < 4.78 is 30.4. The van der Waals surface area contributed by atoms with E-state index in [-0.39, 0.29) is 4.90 Å². The van der Waals surface area contributed by atoms with Gasteiger partial charge in [-0.25, -0.2) is 4.21 Å². The number of hydrogen-bond acceptors (Lipinski definition) is 3. The number of hydrogen-bond donors (Lipinski definition) is 1. The van der Waals surface area contributed by atoms with Gasteiger partial charge >= 0.3 is 0 Å². The van der Waals surface area contributed by atoms with Gasteiger partial charge in [0.2, 0.25) is 0 Å². The Morgan fingerprint density at radius 3 is 2.29 bits per heavy atom. The second-order valence-corrected chi connectivity index (χ2v) is 4.18. The maximum Gasteiger partial charge on any atom is 0.190 e. The summed E-state index contributed by atoms with van der Waals surface area (Å²) in [5, 5.41) is 0. The second-order valence-electron chi connectivity index (χ2n) is 2.39. The lowest BCUT2D eigenvalue weighted by Gasteiger charge is -2.09. The third-order valence-corrected chi connectivity index (χ3v) is 2.94. The van der Waals surface area contributed by atoms with Crippen molar-refractivity contribution in [3.63, 3.8) is 0 Å². The predicted molar refractivity (Wildman–Crippen MR) is 56.3 cm³/mol. The van der Waals surface area contributed by atoms with Crippen molar-refractivity contribution in [3.8, 4) is 11.5 Å². The maximum absolute atomic E-state index is 10.9. The van der Waals surface area contributed by atoms with Gasteiger partial charge in [0, 0.05) is 6.07 Å². The highest BCUT2D eigenvalue weighted by Gasteiger charge is 2.13. The van der Waals surface area contributed by atoms with Crippen molar-refractivity contribution in [2.24, 2.45) is 0 Å². The number of halogens is 1. The molecule has 0 spiro atoms. The van der Waals surface area contributed by atoms with Gasteiger partial charge in [0.05, 0.1) is 18.7 Å². The van der Waals surface area contributed by atoms with E-state index in [4.69, 9.17) is 14.0 Å². The van der Waals surface area contributed by atoms with Gasteiger partial charge in [0.1, 0.15) is 16.4 Å². The monoisotopic (exact) mass is 280 g/mol. The van der Waals surface area contributed by atoms with Crippen molar-refractivity contribution >= 4 is 27.0 Å². The molecule has 0 aromatic heterocycles. The van der Waals surface area contributed by atoms with Crippen molar-refractivity contribution in [2.45, 2.75) is 4.90 Å². The molecule has 0 aliphatic carbocycles. The molecule has 1 rings (SSSR count). The molecular weight excluding hydrogens is 272 g/mol. The van der Waals surface area contributed by atoms with Crippen molar-refractivity contribution in [3.05, 3.63) is 16.6 Å². The van der Waals surface area contributed by atoms with Gasteiger partial charge in [0.25, 0.3) is 0 Å². The van der Waals surface area contributed by atoms with Gasteiger partial charge in [-0.2, -0.15) is 0 Å². The summed E-state index contributed by atoms with van der Waals surface area (Å²) >= 11 is 1.14. The van der Waals surface area contributed by atoms with Crippen LogP contribution >= 0.6 is 15.9 Å². The molecule has 0 fully saturated rings. The van der Waals surface area contributed by atoms with Crippen LogP contribution in [0.25, 0.3) is 0 Å². The molecule has 0 aliphatic rings. The Hall–Kier alpha value is -0.590. The molecule has 78 valence electrons. The van der Waals surface area contributed by atoms with E-state index in [0.717, 1.165) is 0 Å². The molecule has 0 saturated carbocycles. The molecule has 1 unspecified atom stereocenters. The first-order valence-electron chi connectivity index (χ1n) is 3.62. The van der Waals surface area contributed by atoms with Crippen LogP contribution in [0.2, 0.25) is 0 Å². The molecule has 1 atom stereocenters. The van der Waals surface area contributed by atoms with Crippen molar-refractivity contribution < 1.29 is 18.2 Å². The Balaban J connectivity index is 3.31. The molecule has 1 aromatic rings. The van der Waals surface area contributed by atoms with E-state index in [1.54, 1.807) is 6.07 Å². The number of methoxy groups -OCH3 is 2. The van der Waals surface area contributed by atoms with E-state index >= 15 is 0 Å². The van der Waals surface area contributed by atoms with Crippen LogP contribution in [0.4, 0.5) is 0 Å². The molecule has 1 N–H and O–H groups in total. The summed E-state index contributed by atoms with van der Waals surface area (Å²) in [6, 6.07) is 3.04. The first-order valence-corrected chi connectivity index (χ1v) is 5.52. The summed E-state index contributed by atoms with van der Waals surface area (Å²) in [6.45, 7) is 0. The van der Waals surface area contributed by atoms with Gasteiger partial charge in [-0.05, 0) is 22.0 Å². The maximum atomic E-state index is 10.9. The Morgan fingerprint density at radius 1 is 1.29 bits per heavy atom. The second kappa shape index (κ2) is 4.77. The summed E-state index contributed by atoms with van der Waals surface area (Å²) in [6.07, 6.45) is 0. The van der Waals surface area contributed by atoms with Crippen LogP contribution in [-0.4, -0.2) is 23.0 Å². The molecule has 1 aromatic carbocycles. The largest absolute Gasteiger partial charge is 0.495 e. The molecule has 4 nitrogen and oxygen atoms in total. The minimum absolute atomic E-state index is 0.208. The van der Waals surface area contributed by atoms with E-state index < -0.39 is 11.1 Å². The molecule has 14 heavy (non-hydrogen) atoms. The zero-order valence-electron chi connectivity index (χ0n) is 7.61. The van der Waals surface area contributed by atoms with Crippen LogP contribution in [0.1, 0.15) is 0 Å². The third kappa shape index (κ3) is 2.26. The van der Waals surface area contributed by atoms with Gasteiger partial charge < -0.3 is 14.0 Å². The number of rotatable bonds is 3. The van der Waals surface area contributed by atoms with Crippen molar-refractivity contribution in [1.82, 2.24) is 0 Å². The molecule has 6 heteroatoms. The summed E-state index contributed by atoms with van der Waals surface area (Å²) in [5.74, 6) is 0.877. The normalized spacial score (nSPS) is 12.3. The highest BCUT2D eigenvalue weighted by Crippen LogP contribution is 2.34. The van der Waals surface area contributed by atoms with Crippen LogP contribution in [0.15, 0.2) is 21.5 Å². The third-order valence-electron chi connectivity index (χ3n) is 1.63. The van der Waals surface area contributed by atoms with Crippen LogP contribution < -0.4 is 9.47 Å². The topological polar surface area (TPSA) is 55.8 Å².